The molecule has 0 spiro atoms. The molecule has 1 aliphatic heterocycles. The Labute approximate surface area is 221 Å². The Balaban J connectivity index is 1.44. The number of amides is 2. The first-order valence-electron chi connectivity index (χ1n) is 10.5. The number of anilines is 2. The summed E-state index contributed by atoms with van der Waals surface area (Å²) in [6.07, 6.45) is 1.76. The predicted molar refractivity (Wildman–Crippen MR) is 148 cm³/mol. The molecule has 0 saturated carbocycles. The monoisotopic (exact) mass is 568 g/mol. The molecule has 35 heavy (non-hydrogen) atoms. The largest absolute Gasteiger partial charge is 0.493 e. The summed E-state index contributed by atoms with van der Waals surface area (Å²) in [5, 5.41) is 2.77. The molecule has 0 atom stereocenters. The van der Waals surface area contributed by atoms with Gasteiger partial charge in [0.2, 0.25) is 0 Å². The van der Waals surface area contributed by atoms with Crippen LogP contribution in [0.4, 0.5) is 11.4 Å². The van der Waals surface area contributed by atoms with Gasteiger partial charge in [-0.25, -0.2) is 0 Å². The Morgan fingerprint density at radius 1 is 1.09 bits per heavy atom. The molecule has 0 radical (unpaired) electrons. The zero-order chi connectivity index (χ0) is 24.9. The van der Waals surface area contributed by atoms with Gasteiger partial charge in [0, 0.05) is 10.2 Å². The number of carbonyl (C=O) groups is 2. The highest BCUT2D eigenvalue weighted by atomic mass is 79.9. The highest BCUT2D eigenvalue weighted by Gasteiger charge is 2.33. The van der Waals surface area contributed by atoms with E-state index < -0.39 is 0 Å². The molecule has 2 amide bonds. The molecule has 1 heterocycles. The van der Waals surface area contributed by atoms with Crippen molar-refractivity contribution in [2.24, 2.45) is 0 Å². The lowest BCUT2D eigenvalue weighted by atomic mass is 10.1. The first-order chi connectivity index (χ1) is 16.8. The van der Waals surface area contributed by atoms with Crippen molar-refractivity contribution in [2.75, 3.05) is 23.9 Å². The molecule has 1 aliphatic rings. The second-order valence-electron chi connectivity index (χ2n) is 7.61. The molecule has 0 aliphatic carbocycles. The van der Waals surface area contributed by atoms with Crippen molar-refractivity contribution < 1.29 is 19.1 Å². The van der Waals surface area contributed by atoms with Crippen LogP contribution in [0.1, 0.15) is 11.1 Å². The molecule has 0 bridgehead atoms. The van der Waals surface area contributed by atoms with Crippen LogP contribution in [0.3, 0.4) is 0 Å². The van der Waals surface area contributed by atoms with Crippen LogP contribution >= 0.6 is 39.9 Å². The summed E-state index contributed by atoms with van der Waals surface area (Å²) >= 11 is 10.1. The van der Waals surface area contributed by atoms with Crippen molar-refractivity contribution in [3.8, 4) is 11.5 Å². The Morgan fingerprint density at radius 3 is 2.49 bits per heavy atom. The van der Waals surface area contributed by atoms with E-state index in [0.29, 0.717) is 26.4 Å². The molecular weight excluding hydrogens is 548 g/mol. The third kappa shape index (κ3) is 6.11. The van der Waals surface area contributed by atoms with Crippen molar-refractivity contribution in [2.45, 2.75) is 6.92 Å². The number of ether oxygens (including phenoxy) is 2. The number of thiocarbonyl (C=S) groups is 1. The summed E-state index contributed by atoms with van der Waals surface area (Å²) in [7, 11) is 1.52. The van der Waals surface area contributed by atoms with E-state index in [0.717, 1.165) is 21.3 Å². The van der Waals surface area contributed by atoms with E-state index >= 15 is 0 Å². The van der Waals surface area contributed by atoms with Crippen molar-refractivity contribution in [1.82, 2.24) is 0 Å². The number of aryl methyl sites for hydroxylation is 1. The molecule has 4 rings (SSSR count). The lowest BCUT2D eigenvalue weighted by molar-refractivity contribution is -0.118. The molecular formula is C26H21BrN2O4S2. The topological polar surface area (TPSA) is 67.9 Å². The van der Waals surface area contributed by atoms with Gasteiger partial charge in [0.25, 0.3) is 11.8 Å². The second-order valence-corrected chi connectivity index (χ2v) is 10.2. The number of benzene rings is 3. The van der Waals surface area contributed by atoms with E-state index in [1.807, 2.05) is 43.3 Å². The van der Waals surface area contributed by atoms with Crippen LogP contribution in [-0.2, 0) is 9.59 Å². The van der Waals surface area contributed by atoms with Crippen LogP contribution < -0.4 is 19.7 Å². The number of methoxy groups -OCH3 is 1. The van der Waals surface area contributed by atoms with Crippen molar-refractivity contribution in [3.05, 3.63) is 87.2 Å². The fourth-order valence-corrected chi connectivity index (χ4v) is 4.87. The zero-order valence-corrected chi connectivity index (χ0v) is 22.1. The number of carbonyl (C=O) groups excluding carboxylic acids is 2. The van der Waals surface area contributed by atoms with E-state index in [-0.39, 0.29) is 18.4 Å². The molecule has 0 unspecified atom stereocenters. The second kappa shape index (κ2) is 11.1. The SMILES string of the molecule is COc1cc(/C=C2\SC(=S)N(c3ccc(C)cc3)C2=O)ccc1OCC(=O)Nc1ccc(Br)cc1. The maximum Gasteiger partial charge on any atom is 0.270 e. The lowest BCUT2D eigenvalue weighted by Crippen LogP contribution is -2.27. The van der Waals surface area contributed by atoms with Gasteiger partial charge in [-0.1, -0.05) is 63.7 Å². The fourth-order valence-electron chi connectivity index (χ4n) is 3.30. The summed E-state index contributed by atoms with van der Waals surface area (Å²) < 4.78 is 12.5. The minimum Gasteiger partial charge on any atom is -0.493 e. The number of hydrogen-bond donors (Lipinski definition) is 1. The van der Waals surface area contributed by atoms with Gasteiger partial charge in [-0.15, -0.1) is 0 Å². The molecule has 6 nitrogen and oxygen atoms in total. The van der Waals surface area contributed by atoms with Crippen molar-refractivity contribution in [1.29, 1.82) is 0 Å². The number of nitrogens with zero attached hydrogens (tertiary/aromatic N) is 1. The van der Waals surface area contributed by atoms with Crippen LogP contribution in [-0.4, -0.2) is 29.9 Å². The van der Waals surface area contributed by atoms with E-state index in [2.05, 4.69) is 21.2 Å². The quantitative estimate of drug-likeness (QED) is 0.271. The van der Waals surface area contributed by atoms with Crippen LogP contribution in [0.2, 0.25) is 0 Å². The lowest BCUT2D eigenvalue weighted by Gasteiger charge is -2.14. The molecule has 0 aromatic heterocycles. The third-order valence-corrected chi connectivity index (χ3v) is 6.89. The smallest absolute Gasteiger partial charge is 0.270 e. The van der Waals surface area contributed by atoms with E-state index in [4.69, 9.17) is 21.7 Å². The van der Waals surface area contributed by atoms with Crippen LogP contribution in [0.5, 0.6) is 11.5 Å². The summed E-state index contributed by atoms with van der Waals surface area (Å²) in [6, 6.07) is 20.2. The van der Waals surface area contributed by atoms with Gasteiger partial charge in [0.1, 0.15) is 0 Å². The zero-order valence-electron chi connectivity index (χ0n) is 18.9. The Bertz CT molecular complexity index is 1310. The van der Waals surface area contributed by atoms with Gasteiger partial charge in [-0.2, -0.15) is 0 Å². The molecule has 1 saturated heterocycles. The van der Waals surface area contributed by atoms with E-state index in [1.54, 1.807) is 36.4 Å². The number of nitrogens with one attached hydrogen (secondary N) is 1. The van der Waals surface area contributed by atoms with Gasteiger partial charge < -0.3 is 14.8 Å². The number of rotatable bonds is 7. The van der Waals surface area contributed by atoms with Crippen LogP contribution in [0, 0.1) is 6.92 Å². The van der Waals surface area contributed by atoms with E-state index in [9.17, 15) is 9.59 Å². The molecule has 3 aromatic rings. The molecule has 178 valence electrons. The van der Waals surface area contributed by atoms with Crippen LogP contribution in [0.25, 0.3) is 6.08 Å². The Hall–Kier alpha value is -3.14. The van der Waals surface area contributed by atoms with Crippen molar-refractivity contribution >= 4 is 73.5 Å². The summed E-state index contributed by atoms with van der Waals surface area (Å²) in [6.45, 7) is 1.81. The standard InChI is InChI=1S/C26H21BrN2O4S2/c1-16-3-10-20(11-4-16)29-25(31)23(35-26(29)34)14-17-5-12-21(22(13-17)32-2)33-15-24(30)28-19-8-6-18(27)7-9-19/h3-14H,15H2,1-2H3,(H,28,30)/b23-14-. The Morgan fingerprint density at radius 2 is 1.80 bits per heavy atom. The van der Waals surface area contributed by atoms with Gasteiger partial charge >= 0.3 is 0 Å². The summed E-state index contributed by atoms with van der Waals surface area (Å²) in [4.78, 5) is 27.3. The number of halogens is 1. The Kier molecular flexibility index (Phi) is 7.90. The van der Waals surface area contributed by atoms with Gasteiger partial charge in [-0.3, -0.25) is 14.5 Å². The average molecular weight is 570 g/mol. The molecule has 9 heteroatoms. The first kappa shape index (κ1) is 25.0. The molecule has 3 aromatic carbocycles. The number of hydrogen-bond acceptors (Lipinski definition) is 6. The summed E-state index contributed by atoms with van der Waals surface area (Å²) in [5.74, 6) is 0.401. The maximum absolute atomic E-state index is 13.0. The number of thioether (sulfide) groups is 1. The fraction of sp³-hybridized carbons (Fsp3) is 0.115. The normalized spacial score (nSPS) is 14.4. The van der Waals surface area contributed by atoms with Gasteiger partial charge in [0.05, 0.1) is 17.7 Å². The highest BCUT2D eigenvalue weighted by Crippen LogP contribution is 2.37. The molecule has 1 fully saturated rings. The average Bonchev–Trinajstić information content (AvgIpc) is 3.12. The van der Waals surface area contributed by atoms with Crippen molar-refractivity contribution in [3.63, 3.8) is 0 Å². The van der Waals surface area contributed by atoms with E-state index in [1.165, 1.54) is 23.8 Å². The maximum atomic E-state index is 13.0. The predicted octanol–water partition coefficient (Wildman–Crippen LogP) is 6.19. The third-order valence-electron chi connectivity index (χ3n) is 5.06. The highest BCUT2D eigenvalue weighted by molar-refractivity contribution is 9.10. The minimum atomic E-state index is -0.293. The van der Waals surface area contributed by atoms with Gasteiger partial charge in [0.15, 0.2) is 22.4 Å². The minimum absolute atomic E-state index is 0.173. The summed E-state index contributed by atoms with van der Waals surface area (Å²) in [5.41, 5.74) is 3.27. The molecule has 1 N–H and O–H groups in total. The van der Waals surface area contributed by atoms with Crippen LogP contribution in [0.15, 0.2) is 76.1 Å². The first-order valence-corrected chi connectivity index (χ1v) is 12.6. The van der Waals surface area contributed by atoms with Gasteiger partial charge in [-0.05, 0) is 67.1 Å².